The van der Waals surface area contributed by atoms with E-state index < -0.39 is 0 Å². The minimum absolute atomic E-state index is 0.892. The van der Waals surface area contributed by atoms with E-state index in [1.165, 1.54) is 55.3 Å². The Morgan fingerprint density at radius 3 is 2.51 bits per heavy atom. The average molecular weight is 447 g/mol. The molecule has 0 fully saturated rings. The van der Waals surface area contributed by atoms with Crippen LogP contribution in [0.2, 0.25) is 0 Å². The van der Waals surface area contributed by atoms with E-state index in [2.05, 4.69) is 64.0 Å². The van der Waals surface area contributed by atoms with Crippen molar-refractivity contribution >= 4 is 38.5 Å². The lowest BCUT2D eigenvalue weighted by molar-refractivity contribution is 1.23. The van der Waals surface area contributed by atoms with Gasteiger partial charge in [-0.1, -0.05) is 36.4 Å². The van der Waals surface area contributed by atoms with Gasteiger partial charge in [0.15, 0.2) is 0 Å². The highest BCUT2D eigenvalue weighted by molar-refractivity contribution is 6.20. The Balaban J connectivity index is 1.43. The summed E-state index contributed by atoms with van der Waals surface area (Å²) >= 11 is 0. The number of hydrogen-bond acceptors (Lipinski definition) is 3. The summed E-state index contributed by atoms with van der Waals surface area (Å²) in [6.07, 6.45) is 7.51. The second-order valence-corrected chi connectivity index (χ2v) is 9.71. The van der Waals surface area contributed by atoms with Gasteiger partial charge in [-0.25, -0.2) is 9.97 Å². The standard InChI is InChI=1S/C31H18N4/c1-2-5-21-17(4-1)12-19-15-25-20(14-24(19)21)13-18-7-8-23-29(28(18)25)22-6-3-10-33-30(22)35-27-9-11-32-16-26(27)34-31(23)35/h1-11,14-16H,12-13H2. The number of nitrogens with zero attached hydrogens (tertiary/aromatic N) is 4. The SMILES string of the molecule is c1ccc2c(c1)Cc1cc3c(cc1-2)Cc1ccc2c(c1-3)c1cccnc1n1c3ccncc3nc21. The second-order valence-electron chi connectivity index (χ2n) is 9.71. The molecule has 2 aliphatic carbocycles. The van der Waals surface area contributed by atoms with E-state index in [0.717, 1.165) is 40.6 Å². The first-order valence-electron chi connectivity index (χ1n) is 12.0. The predicted octanol–water partition coefficient (Wildman–Crippen LogP) is 6.73. The highest BCUT2D eigenvalue weighted by atomic mass is 15.1. The number of benzene rings is 3. The minimum Gasteiger partial charge on any atom is -0.276 e. The maximum absolute atomic E-state index is 5.02. The summed E-state index contributed by atoms with van der Waals surface area (Å²) < 4.78 is 2.19. The number of aromatic nitrogens is 4. The van der Waals surface area contributed by atoms with Crippen LogP contribution in [0.1, 0.15) is 22.3 Å². The van der Waals surface area contributed by atoms with E-state index in [1.807, 2.05) is 30.7 Å². The lowest BCUT2D eigenvalue weighted by Gasteiger charge is -2.13. The predicted molar refractivity (Wildman–Crippen MR) is 140 cm³/mol. The van der Waals surface area contributed by atoms with Crippen LogP contribution in [0.25, 0.3) is 60.7 Å². The van der Waals surface area contributed by atoms with Crippen molar-refractivity contribution in [3.8, 4) is 22.3 Å². The molecule has 0 N–H and O–H groups in total. The zero-order valence-electron chi connectivity index (χ0n) is 18.8. The summed E-state index contributed by atoms with van der Waals surface area (Å²) in [5, 5.41) is 3.59. The van der Waals surface area contributed by atoms with Crippen LogP contribution in [0.3, 0.4) is 0 Å². The minimum atomic E-state index is 0.892. The molecule has 0 saturated carbocycles. The maximum Gasteiger partial charge on any atom is 0.147 e. The Kier molecular flexibility index (Phi) is 3.11. The number of imidazole rings is 1. The van der Waals surface area contributed by atoms with Gasteiger partial charge in [0.2, 0.25) is 0 Å². The fraction of sp³-hybridized carbons (Fsp3) is 0.0645. The smallest absolute Gasteiger partial charge is 0.147 e. The molecule has 3 aromatic carbocycles. The molecular weight excluding hydrogens is 428 g/mol. The van der Waals surface area contributed by atoms with Crippen LogP contribution < -0.4 is 0 Å². The third-order valence-electron chi connectivity index (χ3n) is 7.92. The second kappa shape index (κ2) is 6.10. The summed E-state index contributed by atoms with van der Waals surface area (Å²) in [5.41, 5.74) is 15.0. The van der Waals surface area contributed by atoms with Crippen molar-refractivity contribution in [1.29, 1.82) is 0 Å². The molecule has 162 valence electrons. The summed E-state index contributed by atoms with van der Waals surface area (Å²) in [6, 6.07) is 24.6. The molecule has 0 unspecified atom stereocenters. The van der Waals surface area contributed by atoms with E-state index in [0.29, 0.717) is 0 Å². The normalized spacial score (nSPS) is 13.5. The van der Waals surface area contributed by atoms with Crippen LogP contribution in [-0.2, 0) is 12.8 Å². The highest BCUT2D eigenvalue weighted by Crippen LogP contribution is 2.48. The largest absolute Gasteiger partial charge is 0.276 e. The third-order valence-corrected chi connectivity index (χ3v) is 7.92. The third kappa shape index (κ3) is 2.15. The lowest BCUT2D eigenvalue weighted by Crippen LogP contribution is -1.95. The molecule has 4 heteroatoms. The van der Waals surface area contributed by atoms with Crippen LogP contribution in [-0.4, -0.2) is 19.4 Å². The monoisotopic (exact) mass is 446 g/mol. The van der Waals surface area contributed by atoms with Crippen molar-refractivity contribution in [3.05, 3.63) is 108 Å². The first-order valence-corrected chi connectivity index (χ1v) is 12.0. The molecule has 9 rings (SSSR count). The van der Waals surface area contributed by atoms with Gasteiger partial charge < -0.3 is 0 Å². The summed E-state index contributed by atoms with van der Waals surface area (Å²) in [4.78, 5) is 14.2. The molecule has 0 saturated heterocycles. The van der Waals surface area contributed by atoms with Crippen molar-refractivity contribution in [2.45, 2.75) is 12.8 Å². The van der Waals surface area contributed by atoms with Gasteiger partial charge >= 0.3 is 0 Å². The van der Waals surface area contributed by atoms with Gasteiger partial charge in [0.1, 0.15) is 16.8 Å². The first-order chi connectivity index (χ1) is 17.3. The Morgan fingerprint density at radius 1 is 0.657 bits per heavy atom. The van der Waals surface area contributed by atoms with Crippen LogP contribution in [0.4, 0.5) is 0 Å². The van der Waals surface area contributed by atoms with E-state index >= 15 is 0 Å². The van der Waals surface area contributed by atoms with Crippen molar-refractivity contribution < 1.29 is 0 Å². The van der Waals surface area contributed by atoms with Crippen LogP contribution >= 0.6 is 0 Å². The Morgan fingerprint density at radius 2 is 1.51 bits per heavy atom. The number of fused-ring (bicyclic) bond motifs is 15. The van der Waals surface area contributed by atoms with Crippen molar-refractivity contribution in [1.82, 2.24) is 19.4 Å². The van der Waals surface area contributed by atoms with Crippen molar-refractivity contribution in [3.63, 3.8) is 0 Å². The summed E-state index contributed by atoms with van der Waals surface area (Å²) in [5.74, 6) is 0. The van der Waals surface area contributed by atoms with Crippen LogP contribution in [0.5, 0.6) is 0 Å². The average Bonchev–Trinajstić information content (AvgIpc) is 3.58. The van der Waals surface area contributed by atoms with Gasteiger partial charge in [-0.05, 0) is 87.7 Å². The molecule has 4 nitrogen and oxygen atoms in total. The molecule has 4 aromatic heterocycles. The van der Waals surface area contributed by atoms with Gasteiger partial charge in [-0.15, -0.1) is 0 Å². The summed E-state index contributed by atoms with van der Waals surface area (Å²) in [6.45, 7) is 0. The molecular formula is C31H18N4. The molecule has 0 amide bonds. The van der Waals surface area contributed by atoms with Gasteiger partial charge in [-0.2, -0.15) is 0 Å². The fourth-order valence-electron chi connectivity index (χ4n) is 6.48. The highest BCUT2D eigenvalue weighted by Gasteiger charge is 2.28. The van der Waals surface area contributed by atoms with E-state index in [1.54, 1.807) is 0 Å². The number of pyridine rings is 3. The van der Waals surface area contributed by atoms with E-state index in [9.17, 15) is 0 Å². The van der Waals surface area contributed by atoms with Gasteiger partial charge in [0.05, 0.1) is 11.7 Å². The van der Waals surface area contributed by atoms with Crippen LogP contribution in [0, 0.1) is 0 Å². The topological polar surface area (TPSA) is 43.1 Å². The van der Waals surface area contributed by atoms with Gasteiger partial charge in [0, 0.05) is 28.6 Å². The van der Waals surface area contributed by atoms with E-state index in [4.69, 9.17) is 9.97 Å². The molecule has 0 bridgehead atoms. The van der Waals surface area contributed by atoms with Gasteiger partial charge in [-0.3, -0.25) is 9.38 Å². The molecule has 0 atom stereocenters. The number of hydrogen-bond donors (Lipinski definition) is 0. The molecule has 7 aromatic rings. The first kappa shape index (κ1) is 17.8. The molecule has 0 radical (unpaired) electrons. The van der Waals surface area contributed by atoms with Crippen molar-refractivity contribution in [2.75, 3.05) is 0 Å². The fourth-order valence-corrected chi connectivity index (χ4v) is 6.48. The Bertz CT molecular complexity index is 2070. The molecule has 0 aliphatic heterocycles. The maximum atomic E-state index is 5.02. The molecule has 2 aliphatic rings. The zero-order valence-corrected chi connectivity index (χ0v) is 18.8. The Hall–Kier alpha value is -4.57. The quantitative estimate of drug-likeness (QED) is 0.243. The van der Waals surface area contributed by atoms with Crippen molar-refractivity contribution in [2.24, 2.45) is 0 Å². The van der Waals surface area contributed by atoms with Gasteiger partial charge in [0.25, 0.3) is 0 Å². The number of rotatable bonds is 0. The lowest BCUT2D eigenvalue weighted by atomic mass is 9.94. The Labute approximate surface area is 200 Å². The van der Waals surface area contributed by atoms with E-state index in [-0.39, 0.29) is 0 Å². The molecule has 35 heavy (non-hydrogen) atoms. The molecule has 0 spiro atoms. The zero-order chi connectivity index (χ0) is 22.7. The summed E-state index contributed by atoms with van der Waals surface area (Å²) in [7, 11) is 0. The molecule has 4 heterocycles. The van der Waals surface area contributed by atoms with Crippen LogP contribution in [0.15, 0.2) is 85.3 Å².